The zero-order valence-electron chi connectivity index (χ0n) is 15.5. The molecule has 150 valence electrons. The molecule has 10 heteroatoms. The number of hydrogen-bond acceptors (Lipinski definition) is 7. The van der Waals surface area contributed by atoms with Crippen LogP contribution in [-0.2, 0) is 25.6 Å². The minimum Gasteiger partial charge on any atom is -0.343 e. The van der Waals surface area contributed by atoms with E-state index in [0.29, 0.717) is 0 Å². The van der Waals surface area contributed by atoms with Crippen molar-refractivity contribution in [2.45, 2.75) is 38.4 Å². The van der Waals surface area contributed by atoms with Crippen molar-refractivity contribution in [3.05, 3.63) is 35.9 Å². The maximum absolute atomic E-state index is 12.9. The van der Waals surface area contributed by atoms with Crippen LogP contribution in [0.15, 0.2) is 30.3 Å². The number of thioether (sulfide) groups is 1. The van der Waals surface area contributed by atoms with Gasteiger partial charge in [-0.2, -0.15) is 0 Å². The van der Waals surface area contributed by atoms with Gasteiger partial charge in [-0.05, 0) is 19.4 Å². The smallest absolute Gasteiger partial charge is 0.257 e. The van der Waals surface area contributed by atoms with Crippen LogP contribution in [0.2, 0.25) is 0 Å². The van der Waals surface area contributed by atoms with Gasteiger partial charge in [0.15, 0.2) is 4.32 Å². The second-order valence-corrected chi connectivity index (χ2v) is 8.00. The van der Waals surface area contributed by atoms with Gasteiger partial charge in [-0.3, -0.25) is 19.2 Å². The molecule has 4 amide bonds. The quantitative estimate of drug-likeness (QED) is 0.527. The van der Waals surface area contributed by atoms with E-state index < -0.39 is 41.8 Å². The number of rotatable bonds is 7. The zero-order valence-corrected chi connectivity index (χ0v) is 17.1. The van der Waals surface area contributed by atoms with Crippen molar-refractivity contribution in [1.29, 1.82) is 0 Å². The van der Waals surface area contributed by atoms with E-state index in [1.807, 2.05) is 30.3 Å². The largest absolute Gasteiger partial charge is 0.343 e. The minimum absolute atomic E-state index is 0.0947. The van der Waals surface area contributed by atoms with E-state index in [1.165, 1.54) is 13.8 Å². The number of nitrogens with zero attached hydrogens (tertiary/aromatic N) is 1. The molecule has 1 heterocycles. The molecule has 0 bridgehead atoms. The second-order valence-electron chi connectivity index (χ2n) is 6.39. The van der Waals surface area contributed by atoms with Crippen LogP contribution < -0.4 is 16.4 Å². The van der Waals surface area contributed by atoms with Gasteiger partial charge in [-0.25, -0.2) is 4.90 Å². The van der Waals surface area contributed by atoms with E-state index in [-0.39, 0.29) is 16.5 Å². The molecule has 1 aromatic carbocycles. The first-order valence-corrected chi connectivity index (χ1v) is 10.0. The van der Waals surface area contributed by atoms with E-state index in [1.54, 1.807) is 0 Å². The third-order valence-corrected chi connectivity index (χ3v) is 5.39. The van der Waals surface area contributed by atoms with Crippen molar-refractivity contribution < 1.29 is 19.2 Å². The fourth-order valence-corrected chi connectivity index (χ4v) is 3.55. The maximum Gasteiger partial charge on any atom is 0.257 e. The monoisotopic (exact) mass is 422 g/mol. The number of imide groups is 1. The van der Waals surface area contributed by atoms with Gasteiger partial charge < -0.3 is 16.4 Å². The van der Waals surface area contributed by atoms with Gasteiger partial charge in [0, 0.05) is 6.42 Å². The van der Waals surface area contributed by atoms with Gasteiger partial charge in [0.1, 0.15) is 12.1 Å². The van der Waals surface area contributed by atoms with Crippen LogP contribution >= 0.6 is 24.0 Å². The van der Waals surface area contributed by atoms with Gasteiger partial charge in [0.2, 0.25) is 17.7 Å². The predicted octanol–water partition coefficient (Wildman–Crippen LogP) is -0.0473. The van der Waals surface area contributed by atoms with Crippen molar-refractivity contribution >= 4 is 51.9 Å². The van der Waals surface area contributed by atoms with Crippen LogP contribution in [0.4, 0.5) is 0 Å². The Balaban J connectivity index is 2.17. The fourth-order valence-electron chi connectivity index (χ4n) is 2.48. The summed E-state index contributed by atoms with van der Waals surface area (Å²) in [6, 6.07) is 6.40. The number of amides is 4. The molecule has 1 saturated heterocycles. The Labute approximate surface area is 172 Å². The number of carbonyl (C=O) groups is 4. The lowest BCUT2D eigenvalue weighted by atomic mass is 10.0. The Morgan fingerprint density at radius 3 is 2.36 bits per heavy atom. The van der Waals surface area contributed by atoms with Crippen molar-refractivity contribution in [1.82, 2.24) is 15.5 Å². The van der Waals surface area contributed by atoms with Crippen LogP contribution in [0, 0.1) is 0 Å². The summed E-state index contributed by atoms with van der Waals surface area (Å²) in [4.78, 5) is 50.1. The third kappa shape index (κ3) is 5.60. The highest BCUT2D eigenvalue weighted by Gasteiger charge is 2.37. The summed E-state index contributed by atoms with van der Waals surface area (Å²) in [6.07, 6.45) is 0.177. The molecule has 1 aliphatic heterocycles. The molecule has 0 saturated carbocycles. The first kappa shape index (κ1) is 22.0. The highest BCUT2D eigenvalue weighted by Crippen LogP contribution is 2.21. The first-order chi connectivity index (χ1) is 13.2. The molecule has 1 fully saturated rings. The molecular formula is C18H22N4O4S2. The van der Waals surface area contributed by atoms with Gasteiger partial charge in [-0.1, -0.05) is 54.3 Å². The Morgan fingerprint density at radius 1 is 1.18 bits per heavy atom. The van der Waals surface area contributed by atoms with E-state index in [4.69, 9.17) is 18.0 Å². The molecular weight excluding hydrogens is 400 g/mol. The van der Waals surface area contributed by atoms with Gasteiger partial charge in [0.05, 0.1) is 11.8 Å². The molecule has 0 aliphatic carbocycles. The average Bonchev–Trinajstić information content (AvgIpc) is 2.99. The number of carbonyl (C=O) groups excluding carboxylic acids is 4. The van der Waals surface area contributed by atoms with Gasteiger partial charge >= 0.3 is 0 Å². The zero-order chi connectivity index (χ0) is 20.8. The Morgan fingerprint density at radius 2 is 1.82 bits per heavy atom. The van der Waals surface area contributed by atoms with Crippen molar-refractivity contribution in [3.63, 3.8) is 0 Å². The standard InChI is InChI=1S/C18H22N4O4S2/c1-10(19)15(24)20-11(2)16(25)21-13(8-12-6-4-3-5-7-12)17(26)22-14(23)9-28-18(22)27/h3-7,10-11,13H,8-9,19H2,1-2H3,(H,20,24)(H,21,25). The van der Waals surface area contributed by atoms with Crippen LogP contribution in [0.3, 0.4) is 0 Å². The molecule has 3 unspecified atom stereocenters. The molecule has 1 aromatic rings. The molecule has 2 rings (SSSR count). The first-order valence-electron chi connectivity index (χ1n) is 8.64. The normalized spacial score (nSPS) is 17.0. The number of hydrogen-bond donors (Lipinski definition) is 3. The Bertz CT molecular complexity index is 769. The van der Waals surface area contributed by atoms with Crippen molar-refractivity contribution in [3.8, 4) is 0 Å². The Kier molecular flexibility index (Phi) is 7.67. The SMILES string of the molecule is CC(N)C(=O)NC(C)C(=O)NC(Cc1ccccc1)C(=O)N1C(=O)CSC1=S. The summed E-state index contributed by atoms with van der Waals surface area (Å²) in [5.74, 6) is -1.96. The van der Waals surface area contributed by atoms with Crippen LogP contribution in [0.25, 0.3) is 0 Å². The number of benzene rings is 1. The molecule has 3 atom stereocenters. The van der Waals surface area contributed by atoms with Gasteiger partial charge in [-0.15, -0.1) is 0 Å². The number of nitrogens with one attached hydrogen (secondary N) is 2. The summed E-state index contributed by atoms with van der Waals surface area (Å²) in [5.41, 5.74) is 6.29. The highest BCUT2D eigenvalue weighted by atomic mass is 32.2. The minimum atomic E-state index is -1.01. The summed E-state index contributed by atoms with van der Waals surface area (Å²) >= 11 is 6.20. The van der Waals surface area contributed by atoms with Crippen LogP contribution in [0.5, 0.6) is 0 Å². The third-order valence-electron chi connectivity index (χ3n) is 4.03. The molecule has 0 spiro atoms. The summed E-state index contributed by atoms with van der Waals surface area (Å²) in [5, 5.41) is 5.10. The summed E-state index contributed by atoms with van der Waals surface area (Å²) in [7, 11) is 0. The molecule has 28 heavy (non-hydrogen) atoms. The lowest BCUT2D eigenvalue weighted by molar-refractivity contribution is -0.141. The topological polar surface area (TPSA) is 122 Å². The molecule has 0 aromatic heterocycles. The summed E-state index contributed by atoms with van der Waals surface area (Å²) < 4.78 is 0.167. The molecule has 4 N–H and O–H groups in total. The lowest BCUT2D eigenvalue weighted by Crippen LogP contribution is -2.56. The van der Waals surface area contributed by atoms with Crippen molar-refractivity contribution in [2.75, 3.05) is 5.75 Å². The van der Waals surface area contributed by atoms with Crippen LogP contribution in [0.1, 0.15) is 19.4 Å². The summed E-state index contributed by atoms with van der Waals surface area (Å²) in [6.45, 7) is 2.99. The van der Waals surface area contributed by atoms with E-state index in [2.05, 4.69) is 10.6 Å². The van der Waals surface area contributed by atoms with Crippen LogP contribution in [-0.4, -0.2) is 56.7 Å². The average molecular weight is 423 g/mol. The highest BCUT2D eigenvalue weighted by molar-refractivity contribution is 8.24. The van der Waals surface area contributed by atoms with E-state index in [0.717, 1.165) is 22.2 Å². The number of nitrogens with two attached hydrogens (primary N) is 1. The van der Waals surface area contributed by atoms with Crippen molar-refractivity contribution in [2.24, 2.45) is 5.73 Å². The maximum atomic E-state index is 12.9. The van der Waals surface area contributed by atoms with E-state index in [9.17, 15) is 19.2 Å². The molecule has 8 nitrogen and oxygen atoms in total. The predicted molar refractivity (Wildman–Crippen MR) is 110 cm³/mol. The fraction of sp³-hybridized carbons (Fsp3) is 0.389. The number of thiocarbonyl (C=S) groups is 1. The lowest BCUT2D eigenvalue weighted by Gasteiger charge is -2.24. The Hall–Kier alpha value is -2.30. The van der Waals surface area contributed by atoms with E-state index >= 15 is 0 Å². The second kappa shape index (κ2) is 9.76. The van der Waals surface area contributed by atoms with Gasteiger partial charge in [0.25, 0.3) is 5.91 Å². The molecule has 1 aliphatic rings. The molecule has 0 radical (unpaired) electrons.